The molecule has 5 rings (SSSR count). The zero-order chi connectivity index (χ0) is 30.1. The van der Waals surface area contributed by atoms with Crippen LogP contribution in [-0.2, 0) is 14.8 Å². The summed E-state index contributed by atoms with van der Waals surface area (Å²) in [7, 11) is -3.72. The third-order valence-corrected chi connectivity index (χ3v) is 9.41. The number of carbonyl (C=O) groups excluding carboxylic acids is 2. The fourth-order valence-corrected chi connectivity index (χ4v) is 6.70. The van der Waals surface area contributed by atoms with Gasteiger partial charge in [0.15, 0.2) is 11.5 Å². The Hall–Kier alpha value is -3.48. The average molecular weight is 615 g/mol. The minimum Gasteiger partial charge on any atom is -0.444 e. The summed E-state index contributed by atoms with van der Waals surface area (Å²) in [5.74, 6) is 0.340. The summed E-state index contributed by atoms with van der Waals surface area (Å²) in [5, 5.41) is 10.7. The second-order valence-electron chi connectivity index (χ2n) is 11.4. The van der Waals surface area contributed by atoms with Crippen molar-refractivity contribution in [1.29, 1.82) is 0 Å². The monoisotopic (exact) mass is 614 g/mol. The van der Waals surface area contributed by atoms with Crippen LogP contribution in [0.25, 0.3) is 10.8 Å². The van der Waals surface area contributed by atoms with E-state index in [4.69, 9.17) is 16.3 Å². The number of carbonyl (C=O) groups is 2. The zero-order valence-corrected chi connectivity index (χ0v) is 25.6. The number of hydrogen-bond donors (Lipinski definition) is 0. The Morgan fingerprint density at radius 3 is 2.19 bits per heavy atom. The molecule has 2 saturated heterocycles. The number of piperazine rings is 1. The van der Waals surface area contributed by atoms with Gasteiger partial charge in [-0.25, -0.2) is 13.2 Å². The molecule has 2 aliphatic heterocycles. The van der Waals surface area contributed by atoms with Crippen LogP contribution in [0.4, 0.5) is 10.6 Å². The lowest BCUT2D eigenvalue weighted by molar-refractivity contribution is 0.0263. The lowest BCUT2D eigenvalue weighted by Gasteiger charge is -2.33. The van der Waals surface area contributed by atoms with E-state index in [2.05, 4.69) is 10.2 Å². The van der Waals surface area contributed by atoms with E-state index in [1.54, 1.807) is 58.3 Å². The van der Waals surface area contributed by atoms with Gasteiger partial charge in [0.05, 0.1) is 4.90 Å². The van der Waals surface area contributed by atoms with Crippen LogP contribution >= 0.6 is 11.6 Å². The van der Waals surface area contributed by atoms with Gasteiger partial charge in [-0.1, -0.05) is 23.7 Å². The Labute approximate surface area is 251 Å². The lowest BCUT2D eigenvalue weighted by atomic mass is 10.1. The molecule has 0 unspecified atom stereocenters. The van der Waals surface area contributed by atoms with Gasteiger partial charge in [0.2, 0.25) is 10.0 Å². The first-order valence-corrected chi connectivity index (χ1v) is 15.8. The van der Waals surface area contributed by atoms with Crippen LogP contribution in [0.1, 0.15) is 37.7 Å². The van der Waals surface area contributed by atoms with Gasteiger partial charge in [-0.3, -0.25) is 4.79 Å². The third-order valence-electron chi connectivity index (χ3n) is 7.28. The lowest BCUT2D eigenvalue weighted by Crippen LogP contribution is -2.50. The van der Waals surface area contributed by atoms with E-state index in [9.17, 15) is 18.0 Å². The highest BCUT2D eigenvalue weighted by Crippen LogP contribution is 2.25. The minimum absolute atomic E-state index is 0.181. The molecule has 2 aromatic carbocycles. The van der Waals surface area contributed by atoms with Gasteiger partial charge < -0.3 is 19.4 Å². The number of benzene rings is 2. The number of amides is 2. The highest BCUT2D eigenvalue weighted by Gasteiger charge is 2.31. The molecule has 1 aromatic heterocycles. The van der Waals surface area contributed by atoms with Gasteiger partial charge in [-0.2, -0.15) is 4.31 Å². The zero-order valence-electron chi connectivity index (χ0n) is 24.0. The summed E-state index contributed by atoms with van der Waals surface area (Å²) in [6.45, 7) is 8.75. The summed E-state index contributed by atoms with van der Waals surface area (Å²) in [6, 6.07) is 13.7. The number of nitrogens with zero attached hydrogens (tertiary/aromatic N) is 6. The van der Waals surface area contributed by atoms with Crippen LogP contribution in [0.15, 0.2) is 53.4 Å². The summed E-state index contributed by atoms with van der Waals surface area (Å²) in [5.41, 5.74) is -0.349. The predicted octanol–water partition coefficient (Wildman–Crippen LogP) is 3.88. The molecule has 13 heteroatoms. The molecule has 11 nitrogen and oxygen atoms in total. The molecule has 0 atom stereocenters. The van der Waals surface area contributed by atoms with Gasteiger partial charge >= 0.3 is 6.09 Å². The standard InChI is InChI=1S/C29H35ClN6O5S/c1-29(2,3)41-28(38)35-12-4-11-33(13-14-35)26-10-9-25(31-32-26)27(37)34-15-17-36(18-16-34)42(39,40)24-8-6-21-19-23(30)7-5-22(21)20-24/h5-10,19-20H,4,11-18H2,1-3H3. The number of halogens is 1. The van der Waals surface area contributed by atoms with Gasteiger partial charge in [0.25, 0.3) is 5.91 Å². The molecule has 3 aromatic rings. The Morgan fingerprint density at radius 1 is 0.810 bits per heavy atom. The summed E-state index contributed by atoms with van der Waals surface area (Å²) in [4.78, 5) is 31.2. The molecule has 0 spiro atoms. The molecule has 2 aliphatic rings. The molecule has 2 fully saturated rings. The minimum atomic E-state index is -3.72. The van der Waals surface area contributed by atoms with Crippen LogP contribution in [0.2, 0.25) is 5.02 Å². The molecule has 0 N–H and O–H groups in total. The van der Waals surface area contributed by atoms with Crippen molar-refractivity contribution >= 4 is 50.2 Å². The first kappa shape index (κ1) is 30.0. The second kappa shape index (κ2) is 12.0. The summed E-state index contributed by atoms with van der Waals surface area (Å²) < 4.78 is 33.5. The highest BCUT2D eigenvalue weighted by atomic mass is 35.5. The maximum atomic E-state index is 13.3. The van der Waals surface area contributed by atoms with Gasteiger partial charge in [0.1, 0.15) is 5.60 Å². The van der Waals surface area contributed by atoms with Crippen LogP contribution in [0.3, 0.4) is 0 Å². The first-order valence-electron chi connectivity index (χ1n) is 14.0. The van der Waals surface area contributed by atoms with Gasteiger partial charge in [-0.05, 0) is 74.4 Å². The van der Waals surface area contributed by atoms with Crippen molar-refractivity contribution < 1.29 is 22.7 Å². The van der Waals surface area contributed by atoms with Crippen LogP contribution < -0.4 is 4.90 Å². The molecule has 0 radical (unpaired) electrons. The Morgan fingerprint density at radius 2 is 1.50 bits per heavy atom. The first-order chi connectivity index (χ1) is 19.9. The number of aromatic nitrogens is 2. The summed E-state index contributed by atoms with van der Waals surface area (Å²) in [6.07, 6.45) is 0.425. The maximum absolute atomic E-state index is 13.3. The number of fused-ring (bicyclic) bond motifs is 1. The number of ether oxygens (including phenoxy) is 1. The molecule has 42 heavy (non-hydrogen) atoms. The fraction of sp³-hybridized carbons (Fsp3) is 0.448. The quantitative estimate of drug-likeness (QED) is 0.435. The number of anilines is 1. The smallest absolute Gasteiger partial charge is 0.410 e. The fourth-order valence-electron chi connectivity index (χ4n) is 5.06. The average Bonchev–Trinajstić information content (AvgIpc) is 3.22. The number of hydrogen-bond acceptors (Lipinski definition) is 8. The van der Waals surface area contributed by atoms with Crippen molar-refractivity contribution in [2.45, 2.75) is 37.7 Å². The molecule has 0 bridgehead atoms. The van der Waals surface area contributed by atoms with Crippen molar-refractivity contribution in [3.8, 4) is 0 Å². The summed E-state index contributed by atoms with van der Waals surface area (Å²) >= 11 is 6.05. The van der Waals surface area contributed by atoms with Crippen LogP contribution in [0, 0.1) is 0 Å². The molecule has 224 valence electrons. The van der Waals surface area contributed by atoms with E-state index in [-0.39, 0.29) is 48.8 Å². The van der Waals surface area contributed by atoms with Crippen LogP contribution in [-0.4, -0.2) is 103 Å². The van der Waals surface area contributed by atoms with Gasteiger partial charge in [-0.15, -0.1) is 10.2 Å². The molecule has 0 saturated carbocycles. The molecular weight excluding hydrogens is 580 g/mol. The van der Waals surface area contributed by atoms with Crippen molar-refractivity contribution in [1.82, 2.24) is 24.3 Å². The SMILES string of the molecule is CC(C)(C)OC(=O)N1CCCN(c2ccc(C(=O)N3CCN(S(=O)(=O)c4ccc5cc(Cl)ccc5c4)CC3)nn2)CC1. The second-order valence-corrected chi connectivity index (χ2v) is 13.8. The Kier molecular flexibility index (Phi) is 8.58. The Balaban J connectivity index is 1.17. The van der Waals surface area contributed by atoms with E-state index in [1.807, 2.05) is 25.7 Å². The third kappa shape index (κ3) is 6.77. The number of rotatable bonds is 4. The van der Waals surface area contributed by atoms with Crippen molar-refractivity contribution in [3.63, 3.8) is 0 Å². The van der Waals surface area contributed by atoms with E-state index < -0.39 is 15.6 Å². The van der Waals surface area contributed by atoms with Crippen molar-refractivity contribution in [2.24, 2.45) is 0 Å². The Bertz CT molecular complexity index is 1570. The van der Waals surface area contributed by atoms with Crippen LogP contribution in [0.5, 0.6) is 0 Å². The van der Waals surface area contributed by atoms with Crippen molar-refractivity contribution in [3.05, 3.63) is 59.2 Å². The van der Waals surface area contributed by atoms with Gasteiger partial charge in [0, 0.05) is 57.4 Å². The predicted molar refractivity (Wildman–Crippen MR) is 160 cm³/mol. The van der Waals surface area contributed by atoms with Crippen molar-refractivity contribution in [2.75, 3.05) is 57.3 Å². The van der Waals surface area contributed by atoms with E-state index in [1.165, 1.54) is 4.31 Å². The normalized spacial score (nSPS) is 17.3. The number of sulfonamides is 1. The molecule has 3 heterocycles. The molecule has 0 aliphatic carbocycles. The van der Waals surface area contributed by atoms with E-state index >= 15 is 0 Å². The molecule has 2 amide bonds. The van der Waals surface area contributed by atoms with E-state index in [0.717, 1.165) is 17.2 Å². The molecular formula is C29H35ClN6O5S. The topological polar surface area (TPSA) is 116 Å². The largest absolute Gasteiger partial charge is 0.444 e. The maximum Gasteiger partial charge on any atom is 0.410 e. The highest BCUT2D eigenvalue weighted by molar-refractivity contribution is 7.89. The van der Waals surface area contributed by atoms with E-state index in [0.29, 0.717) is 37.0 Å².